The number of piperidine rings is 1. The van der Waals surface area contributed by atoms with E-state index >= 15 is 0 Å². The van der Waals surface area contributed by atoms with Crippen molar-refractivity contribution in [2.24, 2.45) is 0 Å². The molecular formula is C18H24N4O2. The standard InChI is InChI=1S/C18H24N4O2/c1-13(12-22-9-5-2-6-10-22)19-17(23)11-16-14-7-3-4-8-15(14)18(24)21-20-16/h3-4,7-8,13H,2,5-6,9-12H2,1H3,(H,19,23)(H,21,24)/t13-/m1/s1. The average molecular weight is 328 g/mol. The highest BCUT2D eigenvalue weighted by Gasteiger charge is 2.16. The number of hydrogen-bond donors (Lipinski definition) is 2. The van der Waals surface area contributed by atoms with Crippen LogP contribution < -0.4 is 10.9 Å². The molecule has 1 aromatic carbocycles. The van der Waals surface area contributed by atoms with Crippen molar-refractivity contribution in [3.05, 3.63) is 40.3 Å². The van der Waals surface area contributed by atoms with E-state index in [0.717, 1.165) is 25.0 Å². The first kappa shape index (κ1) is 16.6. The van der Waals surface area contributed by atoms with Crippen LogP contribution in [0.25, 0.3) is 10.8 Å². The number of H-pyrrole nitrogens is 1. The van der Waals surface area contributed by atoms with Crippen LogP contribution in [0, 0.1) is 0 Å². The van der Waals surface area contributed by atoms with Crippen molar-refractivity contribution in [3.63, 3.8) is 0 Å². The molecule has 0 radical (unpaired) electrons. The molecule has 128 valence electrons. The lowest BCUT2D eigenvalue weighted by atomic mass is 10.1. The van der Waals surface area contributed by atoms with Gasteiger partial charge in [-0.25, -0.2) is 5.10 Å². The van der Waals surface area contributed by atoms with Crippen LogP contribution in [0.5, 0.6) is 0 Å². The number of likely N-dealkylation sites (tertiary alicyclic amines) is 1. The molecule has 2 aromatic rings. The monoisotopic (exact) mass is 328 g/mol. The summed E-state index contributed by atoms with van der Waals surface area (Å²) in [7, 11) is 0. The first-order valence-electron chi connectivity index (χ1n) is 8.61. The Hall–Kier alpha value is -2.21. The number of rotatable bonds is 5. The van der Waals surface area contributed by atoms with Crippen molar-refractivity contribution in [1.82, 2.24) is 20.4 Å². The third-order valence-electron chi connectivity index (χ3n) is 4.49. The minimum atomic E-state index is -0.228. The van der Waals surface area contributed by atoms with E-state index in [1.165, 1.54) is 19.3 Å². The summed E-state index contributed by atoms with van der Waals surface area (Å²) in [4.78, 5) is 26.5. The molecular weight excluding hydrogens is 304 g/mol. The van der Waals surface area contributed by atoms with E-state index in [4.69, 9.17) is 0 Å². The molecule has 0 unspecified atom stereocenters. The highest BCUT2D eigenvalue weighted by molar-refractivity contribution is 5.88. The van der Waals surface area contributed by atoms with Crippen molar-refractivity contribution in [3.8, 4) is 0 Å². The smallest absolute Gasteiger partial charge is 0.272 e. The van der Waals surface area contributed by atoms with Gasteiger partial charge < -0.3 is 10.2 Å². The second-order valence-electron chi connectivity index (χ2n) is 6.55. The first-order valence-corrected chi connectivity index (χ1v) is 8.61. The Kier molecular flexibility index (Phi) is 5.25. The summed E-state index contributed by atoms with van der Waals surface area (Å²) in [6.07, 6.45) is 3.96. The van der Waals surface area contributed by atoms with E-state index in [9.17, 15) is 9.59 Å². The number of benzene rings is 1. The lowest BCUT2D eigenvalue weighted by Gasteiger charge is -2.29. The molecule has 1 fully saturated rings. The van der Waals surface area contributed by atoms with Gasteiger partial charge in [-0.1, -0.05) is 24.6 Å². The van der Waals surface area contributed by atoms with Crippen LogP contribution in [0.2, 0.25) is 0 Å². The van der Waals surface area contributed by atoms with Crippen LogP contribution in [0.1, 0.15) is 31.9 Å². The summed E-state index contributed by atoms with van der Waals surface area (Å²) >= 11 is 0. The Bertz CT molecular complexity index is 765. The molecule has 0 aliphatic carbocycles. The maximum absolute atomic E-state index is 12.3. The van der Waals surface area contributed by atoms with Gasteiger partial charge in [-0.15, -0.1) is 0 Å². The quantitative estimate of drug-likeness (QED) is 0.871. The number of fused-ring (bicyclic) bond motifs is 1. The minimum Gasteiger partial charge on any atom is -0.352 e. The zero-order valence-corrected chi connectivity index (χ0v) is 14.0. The highest BCUT2D eigenvalue weighted by atomic mass is 16.1. The fourth-order valence-corrected chi connectivity index (χ4v) is 3.36. The average Bonchev–Trinajstić information content (AvgIpc) is 2.58. The zero-order valence-electron chi connectivity index (χ0n) is 14.0. The van der Waals surface area contributed by atoms with E-state index in [2.05, 4.69) is 20.4 Å². The summed E-state index contributed by atoms with van der Waals surface area (Å²) in [5, 5.41) is 10.9. The van der Waals surface area contributed by atoms with Crippen molar-refractivity contribution in [1.29, 1.82) is 0 Å². The van der Waals surface area contributed by atoms with Gasteiger partial charge in [0, 0.05) is 18.0 Å². The maximum atomic E-state index is 12.3. The van der Waals surface area contributed by atoms with Crippen LogP contribution in [-0.2, 0) is 11.2 Å². The lowest BCUT2D eigenvalue weighted by Crippen LogP contribution is -2.44. The maximum Gasteiger partial charge on any atom is 0.272 e. The predicted octanol–water partition coefficient (Wildman–Crippen LogP) is 1.46. The molecule has 1 saturated heterocycles. The van der Waals surface area contributed by atoms with Crippen LogP contribution in [0.15, 0.2) is 29.1 Å². The number of carbonyl (C=O) groups is 1. The van der Waals surface area contributed by atoms with Crippen LogP contribution in [-0.4, -0.2) is 46.7 Å². The third-order valence-corrected chi connectivity index (χ3v) is 4.49. The van der Waals surface area contributed by atoms with Gasteiger partial charge >= 0.3 is 0 Å². The molecule has 1 atom stereocenters. The molecule has 1 amide bonds. The Morgan fingerprint density at radius 2 is 1.96 bits per heavy atom. The number of nitrogens with one attached hydrogen (secondary N) is 2. The van der Waals surface area contributed by atoms with Gasteiger partial charge in [0.1, 0.15) is 0 Å². The molecule has 3 rings (SSSR count). The summed E-state index contributed by atoms with van der Waals surface area (Å²) < 4.78 is 0. The van der Waals surface area contributed by atoms with E-state index in [0.29, 0.717) is 11.1 Å². The number of nitrogens with zero attached hydrogens (tertiary/aromatic N) is 2. The number of aromatic nitrogens is 2. The van der Waals surface area contributed by atoms with Gasteiger partial charge in [-0.05, 0) is 38.9 Å². The second kappa shape index (κ2) is 7.57. The predicted molar refractivity (Wildman–Crippen MR) is 94.0 cm³/mol. The van der Waals surface area contributed by atoms with E-state index in [1.54, 1.807) is 6.07 Å². The molecule has 6 nitrogen and oxygen atoms in total. The van der Waals surface area contributed by atoms with Crippen LogP contribution >= 0.6 is 0 Å². The molecule has 0 saturated carbocycles. The minimum absolute atomic E-state index is 0.0655. The Balaban J connectivity index is 1.62. The van der Waals surface area contributed by atoms with E-state index in [-0.39, 0.29) is 23.9 Å². The summed E-state index contributed by atoms with van der Waals surface area (Å²) in [5.74, 6) is -0.0655. The van der Waals surface area contributed by atoms with Gasteiger partial charge in [0.2, 0.25) is 5.91 Å². The van der Waals surface area contributed by atoms with Crippen molar-refractivity contribution in [2.75, 3.05) is 19.6 Å². The van der Waals surface area contributed by atoms with Crippen molar-refractivity contribution in [2.45, 2.75) is 38.6 Å². The normalized spacial score (nSPS) is 16.9. The Morgan fingerprint density at radius 3 is 2.71 bits per heavy atom. The van der Waals surface area contributed by atoms with Crippen LogP contribution in [0.3, 0.4) is 0 Å². The largest absolute Gasteiger partial charge is 0.352 e. The molecule has 0 bridgehead atoms. The molecule has 24 heavy (non-hydrogen) atoms. The first-order chi connectivity index (χ1) is 11.6. The van der Waals surface area contributed by atoms with Gasteiger partial charge in [-0.3, -0.25) is 9.59 Å². The fraction of sp³-hybridized carbons (Fsp3) is 0.500. The topological polar surface area (TPSA) is 78.1 Å². The number of aromatic amines is 1. The molecule has 1 aliphatic rings. The van der Waals surface area contributed by atoms with Crippen LogP contribution in [0.4, 0.5) is 0 Å². The van der Waals surface area contributed by atoms with E-state index < -0.39 is 0 Å². The number of hydrogen-bond acceptors (Lipinski definition) is 4. The highest BCUT2D eigenvalue weighted by Crippen LogP contribution is 2.13. The van der Waals surface area contributed by atoms with Gasteiger partial charge in [0.15, 0.2) is 0 Å². The Morgan fingerprint density at radius 1 is 1.25 bits per heavy atom. The summed E-state index contributed by atoms with van der Waals surface area (Å²) in [6.45, 7) is 5.15. The molecule has 2 heterocycles. The van der Waals surface area contributed by atoms with Crippen molar-refractivity contribution >= 4 is 16.7 Å². The molecule has 0 spiro atoms. The molecule has 1 aromatic heterocycles. The van der Waals surface area contributed by atoms with Gasteiger partial charge in [0.25, 0.3) is 5.56 Å². The molecule has 2 N–H and O–H groups in total. The van der Waals surface area contributed by atoms with E-state index in [1.807, 2.05) is 25.1 Å². The third kappa shape index (κ3) is 4.00. The lowest BCUT2D eigenvalue weighted by molar-refractivity contribution is -0.121. The number of carbonyl (C=O) groups excluding carboxylic acids is 1. The number of amides is 1. The van der Waals surface area contributed by atoms with Gasteiger partial charge in [-0.2, -0.15) is 5.10 Å². The summed E-state index contributed by atoms with van der Waals surface area (Å²) in [5.41, 5.74) is 0.376. The fourth-order valence-electron chi connectivity index (χ4n) is 3.36. The molecule has 1 aliphatic heterocycles. The molecule has 6 heteroatoms. The van der Waals surface area contributed by atoms with Crippen molar-refractivity contribution < 1.29 is 4.79 Å². The van der Waals surface area contributed by atoms with Gasteiger partial charge in [0.05, 0.1) is 17.5 Å². The Labute approximate surface area is 141 Å². The summed E-state index contributed by atoms with van der Waals surface area (Å²) in [6, 6.07) is 7.34. The zero-order chi connectivity index (χ0) is 16.9. The second-order valence-corrected chi connectivity index (χ2v) is 6.55. The SMILES string of the molecule is C[C@H](CN1CCCCC1)NC(=O)Cc1n[nH]c(=O)c2ccccc12.